The Balaban J connectivity index is 1.49. The predicted molar refractivity (Wildman–Crippen MR) is 104 cm³/mol. The quantitative estimate of drug-likeness (QED) is 0.688. The van der Waals surface area contributed by atoms with Crippen LogP contribution in [-0.4, -0.2) is 66.7 Å². The number of primary amides is 1. The van der Waals surface area contributed by atoms with E-state index in [0.717, 1.165) is 32.4 Å². The summed E-state index contributed by atoms with van der Waals surface area (Å²) in [5.74, 6) is 0.682. The van der Waals surface area contributed by atoms with Crippen LogP contribution in [0.5, 0.6) is 0 Å². The molecule has 10 heteroatoms. The molecule has 0 bridgehead atoms. The van der Waals surface area contributed by atoms with Crippen molar-refractivity contribution < 1.29 is 9.59 Å². The van der Waals surface area contributed by atoms with Crippen LogP contribution in [0.15, 0.2) is 30.9 Å². The molecular formula is C19H20N8O2. The standard InChI is InChI=1S/C19H20N8O2/c20-18(29)13-10-27-14(7-23-16(27)8-22-13)19-21-5-4-15(24-19)25-9-12-3-1-2-6-26(12)17(28)11-25/h4-5,7-8,10,12H,1-3,6,9,11H2,(H2,20,29). The monoisotopic (exact) mass is 392 g/mol. The number of carbonyl (C=O) groups excluding carboxylic acids is 2. The first-order chi connectivity index (χ1) is 14.1. The zero-order valence-electron chi connectivity index (χ0n) is 15.7. The van der Waals surface area contributed by atoms with Gasteiger partial charge in [-0.3, -0.25) is 14.0 Å². The maximum Gasteiger partial charge on any atom is 0.268 e. The van der Waals surface area contributed by atoms with Crippen molar-refractivity contribution in [1.82, 2.24) is 29.2 Å². The van der Waals surface area contributed by atoms with E-state index >= 15 is 0 Å². The molecule has 2 fully saturated rings. The maximum atomic E-state index is 12.6. The van der Waals surface area contributed by atoms with Crippen LogP contribution in [0.3, 0.4) is 0 Å². The smallest absolute Gasteiger partial charge is 0.268 e. The lowest BCUT2D eigenvalue weighted by atomic mass is 9.99. The molecule has 2 amide bonds. The Morgan fingerprint density at radius 1 is 1.17 bits per heavy atom. The molecule has 2 N–H and O–H groups in total. The number of aromatic nitrogens is 5. The van der Waals surface area contributed by atoms with E-state index in [9.17, 15) is 9.59 Å². The maximum absolute atomic E-state index is 12.6. The number of carbonyl (C=O) groups is 2. The first-order valence-electron chi connectivity index (χ1n) is 9.61. The van der Waals surface area contributed by atoms with Gasteiger partial charge in [0, 0.05) is 31.5 Å². The lowest BCUT2D eigenvalue weighted by Gasteiger charge is -2.44. The number of nitrogens with zero attached hydrogens (tertiary/aromatic N) is 7. The molecule has 3 aromatic rings. The summed E-state index contributed by atoms with van der Waals surface area (Å²) >= 11 is 0. The highest BCUT2D eigenvalue weighted by Gasteiger charge is 2.34. The highest BCUT2D eigenvalue weighted by atomic mass is 16.2. The summed E-state index contributed by atoms with van der Waals surface area (Å²) in [7, 11) is 0. The second-order valence-corrected chi connectivity index (χ2v) is 7.36. The molecule has 148 valence electrons. The number of piperidine rings is 1. The van der Waals surface area contributed by atoms with E-state index in [1.807, 2.05) is 15.9 Å². The van der Waals surface area contributed by atoms with Gasteiger partial charge in [-0.05, 0) is 25.3 Å². The van der Waals surface area contributed by atoms with Crippen molar-refractivity contribution >= 4 is 23.3 Å². The highest BCUT2D eigenvalue weighted by molar-refractivity contribution is 5.90. The van der Waals surface area contributed by atoms with Crippen molar-refractivity contribution in [3.63, 3.8) is 0 Å². The SMILES string of the molecule is NC(=O)c1cn2c(-c3nccc(N4CC(=O)N5CCCCC5C4)n3)cnc2cn1. The molecule has 0 aromatic carbocycles. The summed E-state index contributed by atoms with van der Waals surface area (Å²) in [5.41, 5.74) is 6.65. The Hall–Kier alpha value is -3.56. The van der Waals surface area contributed by atoms with Crippen LogP contribution in [0.4, 0.5) is 5.82 Å². The summed E-state index contributed by atoms with van der Waals surface area (Å²) < 4.78 is 1.69. The fraction of sp³-hybridized carbons (Fsp3) is 0.368. The molecule has 1 unspecified atom stereocenters. The molecule has 1 atom stereocenters. The van der Waals surface area contributed by atoms with Crippen LogP contribution >= 0.6 is 0 Å². The summed E-state index contributed by atoms with van der Waals surface area (Å²) in [6.07, 6.45) is 9.56. The lowest BCUT2D eigenvalue weighted by Crippen LogP contribution is -2.58. The third kappa shape index (κ3) is 3.06. The van der Waals surface area contributed by atoms with Crippen molar-refractivity contribution in [3.8, 4) is 11.5 Å². The van der Waals surface area contributed by atoms with Gasteiger partial charge in [-0.2, -0.15) is 0 Å². The molecule has 2 aliphatic rings. The van der Waals surface area contributed by atoms with Gasteiger partial charge in [-0.25, -0.2) is 19.9 Å². The van der Waals surface area contributed by atoms with Crippen LogP contribution in [0.1, 0.15) is 29.8 Å². The van der Waals surface area contributed by atoms with Crippen molar-refractivity contribution in [3.05, 3.63) is 36.5 Å². The number of imidazole rings is 1. The normalized spacial score (nSPS) is 19.4. The first kappa shape index (κ1) is 17.5. The average Bonchev–Trinajstić information content (AvgIpc) is 3.17. The van der Waals surface area contributed by atoms with E-state index < -0.39 is 5.91 Å². The average molecular weight is 392 g/mol. The molecule has 0 radical (unpaired) electrons. The summed E-state index contributed by atoms with van der Waals surface area (Å²) in [4.78, 5) is 45.4. The Morgan fingerprint density at radius 3 is 2.93 bits per heavy atom. The van der Waals surface area contributed by atoms with E-state index in [1.54, 1.807) is 16.8 Å². The zero-order valence-corrected chi connectivity index (χ0v) is 15.7. The Labute approximate surface area is 166 Å². The number of hydrogen-bond acceptors (Lipinski definition) is 7. The van der Waals surface area contributed by atoms with Crippen LogP contribution in [0, 0.1) is 0 Å². The van der Waals surface area contributed by atoms with Gasteiger partial charge in [-0.15, -0.1) is 0 Å². The molecule has 0 aliphatic carbocycles. The zero-order chi connectivity index (χ0) is 20.0. The molecular weight excluding hydrogens is 372 g/mol. The Kier molecular flexibility index (Phi) is 4.11. The number of piperazine rings is 1. The fourth-order valence-corrected chi connectivity index (χ4v) is 4.10. The Morgan fingerprint density at radius 2 is 2.07 bits per heavy atom. The van der Waals surface area contributed by atoms with Crippen LogP contribution in [-0.2, 0) is 4.79 Å². The fourth-order valence-electron chi connectivity index (χ4n) is 4.10. The minimum absolute atomic E-state index is 0.131. The van der Waals surface area contributed by atoms with Crippen LogP contribution in [0.25, 0.3) is 17.2 Å². The van der Waals surface area contributed by atoms with Gasteiger partial charge in [0.15, 0.2) is 11.5 Å². The summed E-state index contributed by atoms with van der Waals surface area (Å²) in [6, 6.07) is 2.05. The van der Waals surface area contributed by atoms with Crippen molar-refractivity contribution in [2.45, 2.75) is 25.3 Å². The molecule has 0 saturated carbocycles. The largest absolute Gasteiger partial charge is 0.364 e. The van der Waals surface area contributed by atoms with Crippen LogP contribution < -0.4 is 10.6 Å². The van der Waals surface area contributed by atoms with E-state index in [4.69, 9.17) is 5.73 Å². The van der Waals surface area contributed by atoms with Crippen molar-refractivity contribution in [1.29, 1.82) is 0 Å². The second-order valence-electron chi connectivity index (χ2n) is 7.36. The number of nitrogens with two attached hydrogens (primary N) is 1. The third-order valence-corrected chi connectivity index (χ3v) is 5.55. The van der Waals surface area contributed by atoms with E-state index in [1.165, 1.54) is 12.4 Å². The summed E-state index contributed by atoms with van der Waals surface area (Å²) in [5, 5.41) is 0. The lowest BCUT2D eigenvalue weighted by molar-refractivity contribution is -0.135. The second kappa shape index (κ2) is 6.80. The minimum atomic E-state index is -0.620. The van der Waals surface area contributed by atoms with Gasteiger partial charge >= 0.3 is 0 Å². The third-order valence-electron chi connectivity index (χ3n) is 5.55. The predicted octanol–water partition coefficient (Wildman–Crippen LogP) is 0.486. The van der Waals surface area contributed by atoms with Gasteiger partial charge in [0.1, 0.15) is 17.2 Å². The molecule has 2 saturated heterocycles. The van der Waals surface area contributed by atoms with E-state index in [2.05, 4.69) is 19.9 Å². The van der Waals surface area contributed by atoms with Gasteiger partial charge in [0.2, 0.25) is 5.91 Å². The van der Waals surface area contributed by atoms with E-state index in [-0.39, 0.29) is 17.6 Å². The highest BCUT2D eigenvalue weighted by Crippen LogP contribution is 2.26. The van der Waals surface area contributed by atoms with Gasteiger partial charge < -0.3 is 15.5 Å². The molecule has 0 spiro atoms. The Bertz CT molecular complexity index is 1110. The first-order valence-corrected chi connectivity index (χ1v) is 9.61. The number of amides is 2. The van der Waals surface area contributed by atoms with Crippen molar-refractivity contribution in [2.24, 2.45) is 5.73 Å². The molecule has 29 heavy (non-hydrogen) atoms. The molecule has 2 aliphatic heterocycles. The number of anilines is 1. The minimum Gasteiger partial charge on any atom is -0.364 e. The molecule has 3 aromatic heterocycles. The topological polar surface area (TPSA) is 123 Å². The molecule has 5 heterocycles. The van der Waals surface area contributed by atoms with Crippen molar-refractivity contribution in [2.75, 3.05) is 24.5 Å². The van der Waals surface area contributed by atoms with Crippen LogP contribution in [0.2, 0.25) is 0 Å². The summed E-state index contributed by atoms with van der Waals surface area (Å²) in [6.45, 7) is 1.94. The van der Waals surface area contributed by atoms with Gasteiger partial charge in [-0.1, -0.05) is 0 Å². The number of fused-ring (bicyclic) bond motifs is 2. The molecule has 5 rings (SSSR count). The molecule has 10 nitrogen and oxygen atoms in total. The number of rotatable bonds is 3. The number of hydrogen-bond donors (Lipinski definition) is 1. The van der Waals surface area contributed by atoms with Gasteiger partial charge in [0.25, 0.3) is 5.91 Å². The van der Waals surface area contributed by atoms with Gasteiger partial charge in [0.05, 0.1) is 18.9 Å². The van der Waals surface area contributed by atoms with E-state index in [0.29, 0.717) is 29.5 Å².